The van der Waals surface area contributed by atoms with Crippen molar-refractivity contribution >= 4 is 28.3 Å². The quantitative estimate of drug-likeness (QED) is 0.889. The standard InChI is InChI=1S/C17H18N2O2S/c1-10-4-6-12-13(9-10)22-17-15(12)16(20)18-14(19-17)7-5-11-3-2-8-21-11/h2-3,5,7-8,10,14,19H,4,6,9H2,1H3,(H,18,20)/b7-5+/t10-,14-/m1/s1. The molecule has 0 saturated carbocycles. The monoisotopic (exact) mass is 314 g/mol. The Bertz CT molecular complexity index is 730. The van der Waals surface area contributed by atoms with Gasteiger partial charge < -0.3 is 15.1 Å². The predicted octanol–water partition coefficient (Wildman–Crippen LogP) is 3.66. The molecular weight excluding hydrogens is 296 g/mol. The van der Waals surface area contributed by atoms with Gasteiger partial charge in [0.15, 0.2) is 0 Å². The fourth-order valence-corrected chi connectivity index (χ4v) is 4.60. The summed E-state index contributed by atoms with van der Waals surface area (Å²) < 4.78 is 5.27. The van der Waals surface area contributed by atoms with E-state index in [0.717, 1.165) is 29.2 Å². The number of nitrogens with one attached hydrogen (secondary N) is 2. The summed E-state index contributed by atoms with van der Waals surface area (Å²) in [6, 6.07) is 3.73. The topological polar surface area (TPSA) is 54.3 Å². The van der Waals surface area contributed by atoms with E-state index in [2.05, 4.69) is 17.6 Å². The number of hydrogen-bond acceptors (Lipinski definition) is 4. The molecule has 5 heteroatoms. The number of thiophene rings is 1. The summed E-state index contributed by atoms with van der Waals surface area (Å²) in [5.41, 5.74) is 2.13. The van der Waals surface area contributed by atoms with Gasteiger partial charge >= 0.3 is 0 Å². The second kappa shape index (κ2) is 5.32. The largest absolute Gasteiger partial charge is 0.465 e. The molecule has 0 saturated heterocycles. The van der Waals surface area contributed by atoms with Crippen molar-refractivity contribution in [3.63, 3.8) is 0 Å². The van der Waals surface area contributed by atoms with Crippen molar-refractivity contribution in [2.75, 3.05) is 5.32 Å². The number of rotatable bonds is 2. The van der Waals surface area contributed by atoms with Gasteiger partial charge in [-0.1, -0.05) is 6.92 Å². The summed E-state index contributed by atoms with van der Waals surface area (Å²) >= 11 is 1.74. The van der Waals surface area contributed by atoms with E-state index in [1.54, 1.807) is 17.6 Å². The third kappa shape index (κ3) is 2.35. The molecule has 3 heterocycles. The number of carbonyl (C=O) groups is 1. The maximum Gasteiger partial charge on any atom is 0.256 e. The number of hydrogen-bond donors (Lipinski definition) is 2. The Balaban J connectivity index is 1.60. The molecule has 0 spiro atoms. The van der Waals surface area contributed by atoms with E-state index in [9.17, 15) is 4.79 Å². The molecule has 4 rings (SSSR count). The van der Waals surface area contributed by atoms with Crippen molar-refractivity contribution in [1.29, 1.82) is 0 Å². The highest BCUT2D eigenvalue weighted by atomic mass is 32.1. The van der Waals surface area contributed by atoms with E-state index in [-0.39, 0.29) is 12.1 Å². The van der Waals surface area contributed by atoms with Crippen molar-refractivity contribution in [2.45, 2.75) is 32.4 Å². The Labute approximate surface area is 133 Å². The SMILES string of the molecule is C[C@@H]1CCc2c(sc3c2C(=O)N[C@@H](/C=C/c2ccco2)N3)C1. The van der Waals surface area contributed by atoms with Crippen LogP contribution in [0.3, 0.4) is 0 Å². The van der Waals surface area contributed by atoms with Crippen molar-refractivity contribution in [2.24, 2.45) is 5.92 Å². The van der Waals surface area contributed by atoms with Crippen LogP contribution in [0.25, 0.3) is 6.08 Å². The zero-order valence-electron chi connectivity index (χ0n) is 12.4. The molecule has 2 aromatic heterocycles. The first-order valence-electron chi connectivity index (χ1n) is 7.64. The van der Waals surface area contributed by atoms with Gasteiger partial charge in [-0.2, -0.15) is 0 Å². The molecule has 1 aliphatic heterocycles. The van der Waals surface area contributed by atoms with Crippen LogP contribution in [0.2, 0.25) is 0 Å². The number of carbonyl (C=O) groups excluding carboxylic acids is 1. The van der Waals surface area contributed by atoms with Crippen LogP contribution in [0.5, 0.6) is 0 Å². The second-order valence-corrected chi connectivity index (χ2v) is 7.13. The van der Waals surface area contributed by atoms with E-state index in [4.69, 9.17) is 4.42 Å². The van der Waals surface area contributed by atoms with Gasteiger partial charge in [0.1, 0.15) is 16.9 Å². The molecule has 1 aliphatic carbocycles. The molecule has 2 atom stereocenters. The van der Waals surface area contributed by atoms with Gasteiger partial charge in [0.2, 0.25) is 0 Å². The van der Waals surface area contributed by atoms with Crippen LogP contribution in [0.1, 0.15) is 39.9 Å². The summed E-state index contributed by atoms with van der Waals surface area (Å²) in [4.78, 5) is 13.8. The zero-order valence-corrected chi connectivity index (χ0v) is 13.2. The van der Waals surface area contributed by atoms with Gasteiger partial charge in [-0.3, -0.25) is 4.79 Å². The van der Waals surface area contributed by atoms with Crippen LogP contribution >= 0.6 is 11.3 Å². The lowest BCUT2D eigenvalue weighted by Gasteiger charge is -2.24. The summed E-state index contributed by atoms with van der Waals surface area (Å²) in [6.07, 6.45) is 8.52. The second-order valence-electron chi connectivity index (χ2n) is 6.03. The van der Waals surface area contributed by atoms with Crippen molar-refractivity contribution in [3.05, 3.63) is 46.2 Å². The van der Waals surface area contributed by atoms with Crippen molar-refractivity contribution in [1.82, 2.24) is 5.32 Å². The van der Waals surface area contributed by atoms with Crippen molar-refractivity contribution < 1.29 is 9.21 Å². The van der Waals surface area contributed by atoms with Crippen LogP contribution < -0.4 is 10.6 Å². The third-order valence-electron chi connectivity index (χ3n) is 4.31. The zero-order chi connectivity index (χ0) is 15.1. The van der Waals surface area contributed by atoms with E-state index in [1.165, 1.54) is 16.9 Å². The Morgan fingerprint density at radius 3 is 3.14 bits per heavy atom. The van der Waals surface area contributed by atoms with Gasteiger partial charge in [0.05, 0.1) is 11.8 Å². The molecule has 2 N–H and O–H groups in total. The number of furan rings is 1. The van der Waals surface area contributed by atoms with Gasteiger partial charge in [0.25, 0.3) is 5.91 Å². The Kier molecular flexibility index (Phi) is 3.30. The first-order valence-corrected chi connectivity index (χ1v) is 8.46. The van der Waals surface area contributed by atoms with Crippen LogP contribution in [0, 0.1) is 5.92 Å². The molecule has 0 radical (unpaired) electrons. The minimum atomic E-state index is -0.192. The average Bonchev–Trinajstić information content (AvgIpc) is 3.11. The Morgan fingerprint density at radius 2 is 2.32 bits per heavy atom. The van der Waals surface area contributed by atoms with Gasteiger partial charge in [0, 0.05) is 4.88 Å². The highest BCUT2D eigenvalue weighted by Crippen LogP contribution is 2.41. The van der Waals surface area contributed by atoms with Crippen LogP contribution in [-0.2, 0) is 12.8 Å². The minimum absolute atomic E-state index is 0.0369. The molecule has 4 nitrogen and oxygen atoms in total. The molecule has 2 aliphatic rings. The molecule has 1 amide bonds. The predicted molar refractivity (Wildman–Crippen MR) is 88.1 cm³/mol. The van der Waals surface area contributed by atoms with E-state index in [0.29, 0.717) is 5.92 Å². The van der Waals surface area contributed by atoms with Crippen LogP contribution in [0.15, 0.2) is 28.9 Å². The van der Waals surface area contributed by atoms with Crippen LogP contribution in [0.4, 0.5) is 5.00 Å². The van der Waals surface area contributed by atoms with Gasteiger partial charge in [-0.25, -0.2) is 0 Å². The first-order chi connectivity index (χ1) is 10.7. The van der Waals surface area contributed by atoms with Crippen molar-refractivity contribution in [3.8, 4) is 0 Å². The summed E-state index contributed by atoms with van der Waals surface area (Å²) in [7, 11) is 0. The molecule has 0 fully saturated rings. The average molecular weight is 314 g/mol. The molecule has 0 unspecified atom stereocenters. The molecule has 2 aromatic rings. The number of fused-ring (bicyclic) bond motifs is 3. The lowest BCUT2D eigenvalue weighted by molar-refractivity contribution is 0.0942. The first kappa shape index (κ1) is 13.6. The fraction of sp³-hybridized carbons (Fsp3) is 0.353. The van der Waals surface area contributed by atoms with Gasteiger partial charge in [-0.05, 0) is 55.0 Å². The van der Waals surface area contributed by atoms with E-state index in [1.807, 2.05) is 24.3 Å². The lowest BCUT2D eigenvalue weighted by Crippen LogP contribution is -2.43. The normalized spacial score (nSPS) is 23.8. The molecule has 0 bridgehead atoms. The highest BCUT2D eigenvalue weighted by Gasteiger charge is 2.31. The lowest BCUT2D eigenvalue weighted by atomic mass is 9.88. The Hall–Kier alpha value is -2.01. The number of anilines is 1. The summed E-state index contributed by atoms with van der Waals surface area (Å²) in [5.74, 6) is 1.53. The third-order valence-corrected chi connectivity index (χ3v) is 5.49. The Morgan fingerprint density at radius 1 is 1.41 bits per heavy atom. The maximum absolute atomic E-state index is 12.5. The molecule has 22 heavy (non-hydrogen) atoms. The highest BCUT2D eigenvalue weighted by molar-refractivity contribution is 7.16. The number of amides is 1. The molecular formula is C17H18N2O2S. The maximum atomic E-state index is 12.5. The van der Waals surface area contributed by atoms with Gasteiger partial charge in [-0.15, -0.1) is 11.3 Å². The van der Waals surface area contributed by atoms with Crippen LogP contribution in [-0.4, -0.2) is 12.1 Å². The summed E-state index contributed by atoms with van der Waals surface area (Å²) in [6.45, 7) is 2.28. The fourth-order valence-electron chi connectivity index (χ4n) is 3.16. The molecule has 114 valence electrons. The smallest absolute Gasteiger partial charge is 0.256 e. The molecule has 0 aromatic carbocycles. The van der Waals surface area contributed by atoms with E-state index < -0.39 is 0 Å². The summed E-state index contributed by atoms with van der Waals surface area (Å²) in [5, 5.41) is 7.44. The minimum Gasteiger partial charge on any atom is -0.465 e. The van der Waals surface area contributed by atoms with E-state index >= 15 is 0 Å².